The summed E-state index contributed by atoms with van der Waals surface area (Å²) in [5.41, 5.74) is 5.16. The first-order valence-electron chi connectivity index (χ1n) is 10.5. The SMILES string of the molecule is Cc1ccc(-n2c(S[C@H](C)C(=O)Nc3ccccc3C#N)nnc2-c2ccccc2)cc1C. The molecule has 0 saturated heterocycles. The summed E-state index contributed by atoms with van der Waals surface area (Å²) in [5, 5.41) is 21.2. The summed E-state index contributed by atoms with van der Waals surface area (Å²) in [6, 6.07) is 25.1. The first-order chi connectivity index (χ1) is 16.0. The Bertz CT molecular complexity index is 1340. The number of hydrogen-bond acceptors (Lipinski definition) is 5. The van der Waals surface area contributed by atoms with Crippen LogP contribution in [0, 0.1) is 25.2 Å². The molecule has 0 aliphatic carbocycles. The Labute approximate surface area is 197 Å². The number of anilines is 1. The summed E-state index contributed by atoms with van der Waals surface area (Å²) in [6.07, 6.45) is 0. The van der Waals surface area contributed by atoms with Gasteiger partial charge in [-0.3, -0.25) is 9.36 Å². The van der Waals surface area contributed by atoms with Gasteiger partial charge in [-0.05, 0) is 56.2 Å². The van der Waals surface area contributed by atoms with Gasteiger partial charge in [0.05, 0.1) is 22.2 Å². The van der Waals surface area contributed by atoms with Crippen LogP contribution in [0.3, 0.4) is 0 Å². The molecule has 3 aromatic carbocycles. The molecule has 7 heteroatoms. The van der Waals surface area contributed by atoms with Crippen molar-refractivity contribution in [3.05, 3.63) is 89.5 Å². The molecule has 1 atom stereocenters. The number of para-hydroxylation sites is 1. The van der Waals surface area contributed by atoms with Crippen LogP contribution in [0.4, 0.5) is 5.69 Å². The number of nitrogens with zero attached hydrogens (tertiary/aromatic N) is 4. The number of aryl methyl sites for hydroxylation is 2. The highest BCUT2D eigenvalue weighted by Gasteiger charge is 2.22. The van der Waals surface area contributed by atoms with Crippen molar-refractivity contribution in [1.29, 1.82) is 5.26 Å². The molecule has 1 aromatic heterocycles. The summed E-state index contributed by atoms with van der Waals surface area (Å²) in [4.78, 5) is 12.9. The van der Waals surface area contributed by atoms with E-state index in [1.54, 1.807) is 24.3 Å². The van der Waals surface area contributed by atoms with Gasteiger partial charge in [0.15, 0.2) is 11.0 Å². The molecule has 0 fully saturated rings. The molecule has 4 aromatic rings. The molecule has 0 unspecified atom stereocenters. The number of benzene rings is 3. The van der Waals surface area contributed by atoms with E-state index >= 15 is 0 Å². The lowest BCUT2D eigenvalue weighted by Crippen LogP contribution is -2.23. The lowest BCUT2D eigenvalue weighted by atomic mass is 10.1. The molecule has 4 rings (SSSR count). The summed E-state index contributed by atoms with van der Waals surface area (Å²) < 4.78 is 1.99. The highest BCUT2D eigenvalue weighted by Crippen LogP contribution is 2.31. The smallest absolute Gasteiger partial charge is 0.237 e. The largest absolute Gasteiger partial charge is 0.324 e. The van der Waals surface area contributed by atoms with Gasteiger partial charge >= 0.3 is 0 Å². The summed E-state index contributed by atoms with van der Waals surface area (Å²) in [5.74, 6) is 0.502. The van der Waals surface area contributed by atoms with Crippen molar-refractivity contribution in [3.8, 4) is 23.1 Å². The lowest BCUT2D eigenvalue weighted by Gasteiger charge is -2.15. The third kappa shape index (κ3) is 4.81. The average molecular weight is 454 g/mol. The monoisotopic (exact) mass is 453 g/mol. The molecule has 0 aliphatic rings. The maximum Gasteiger partial charge on any atom is 0.237 e. The number of carbonyl (C=O) groups is 1. The van der Waals surface area contributed by atoms with Crippen LogP contribution in [0.2, 0.25) is 0 Å². The normalized spacial score (nSPS) is 11.6. The molecule has 1 N–H and O–H groups in total. The Morgan fingerprint density at radius 3 is 2.45 bits per heavy atom. The van der Waals surface area contributed by atoms with Crippen LogP contribution in [0.5, 0.6) is 0 Å². The zero-order valence-electron chi connectivity index (χ0n) is 18.6. The van der Waals surface area contributed by atoms with Gasteiger partial charge in [0.2, 0.25) is 5.91 Å². The minimum atomic E-state index is -0.463. The first-order valence-corrected chi connectivity index (χ1v) is 11.4. The zero-order chi connectivity index (χ0) is 23.4. The molecule has 1 amide bonds. The van der Waals surface area contributed by atoms with Gasteiger partial charge in [0.1, 0.15) is 6.07 Å². The van der Waals surface area contributed by atoms with Crippen LogP contribution in [0.1, 0.15) is 23.6 Å². The number of aromatic nitrogens is 3. The van der Waals surface area contributed by atoms with Gasteiger partial charge in [-0.25, -0.2) is 0 Å². The van der Waals surface area contributed by atoms with Crippen LogP contribution < -0.4 is 5.32 Å². The number of hydrogen-bond donors (Lipinski definition) is 1. The number of nitrogens with one attached hydrogen (secondary N) is 1. The fourth-order valence-electron chi connectivity index (χ4n) is 3.35. The van der Waals surface area contributed by atoms with Gasteiger partial charge in [-0.2, -0.15) is 5.26 Å². The van der Waals surface area contributed by atoms with E-state index in [1.165, 1.54) is 17.3 Å². The molecule has 0 spiro atoms. The molecule has 0 aliphatic heterocycles. The quantitative estimate of drug-likeness (QED) is 0.387. The summed E-state index contributed by atoms with van der Waals surface area (Å²) in [6.45, 7) is 5.96. The first kappa shape index (κ1) is 22.3. The third-order valence-corrected chi connectivity index (χ3v) is 6.41. The Morgan fingerprint density at radius 1 is 1.00 bits per heavy atom. The van der Waals surface area contributed by atoms with E-state index in [9.17, 15) is 10.1 Å². The molecular weight excluding hydrogens is 430 g/mol. The average Bonchev–Trinajstić information content (AvgIpc) is 3.25. The number of amides is 1. The van der Waals surface area contributed by atoms with E-state index in [-0.39, 0.29) is 5.91 Å². The maximum atomic E-state index is 12.9. The van der Waals surface area contributed by atoms with Crippen molar-refractivity contribution in [2.24, 2.45) is 0 Å². The van der Waals surface area contributed by atoms with Crippen molar-refractivity contribution < 1.29 is 4.79 Å². The van der Waals surface area contributed by atoms with Crippen molar-refractivity contribution in [3.63, 3.8) is 0 Å². The van der Waals surface area contributed by atoms with E-state index in [0.29, 0.717) is 22.2 Å². The van der Waals surface area contributed by atoms with E-state index in [4.69, 9.17) is 0 Å². The van der Waals surface area contributed by atoms with Crippen LogP contribution in [0.25, 0.3) is 17.1 Å². The van der Waals surface area contributed by atoms with Crippen molar-refractivity contribution in [2.45, 2.75) is 31.2 Å². The highest BCUT2D eigenvalue weighted by molar-refractivity contribution is 8.00. The van der Waals surface area contributed by atoms with Crippen LogP contribution in [-0.4, -0.2) is 25.9 Å². The van der Waals surface area contributed by atoms with Crippen LogP contribution in [-0.2, 0) is 4.79 Å². The molecule has 1 heterocycles. The lowest BCUT2D eigenvalue weighted by molar-refractivity contribution is -0.115. The van der Waals surface area contributed by atoms with Crippen molar-refractivity contribution >= 4 is 23.4 Å². The van der Waals surface area contributed by atoms with Crippen molar-refractivity contribution in [2.75, 3.05) is 5.32 Å². The van der Waals surface area contributed by atoms with Crippen molar-refractivity contribution in [1.82, 2.24) is 14.8 Å². The fourth-order valence-corrected chi connectivity index (χ4v) is 4.22. The molecule has 6 nitrogen and oxygen atoms in total. The number of carbonyl (C=O) groups excluding carboxylic acids is 1. The second-order valence-corrected chi connectivity index (χ2v) is 8.99. The maximum absolute atomic E-state index is 12.9. The number of thioether (sulfide) groups is 1. The fraction of sp³-hybridized carbons (Fsp3) is 0.154. The predicted molar refractivity (Wildman–Crippen MR) is 131 cm³/mol. The van der Waals surface area contributed by atoms with E-state index in [1.807, 2.05) is 47.9 Å². The van der Waals surface area contributed by atoms with Crippen LogP contribution >= 0.6 is 11.8 Å². The van der Waals surface area contributed by atoms with Gasteiger partial charge in [0.25, 0.3) is 0 Å². The van der Waals surface area contributed by atoms with Gasteiger partial charge < -0.3 is 5.32 Å². The third-order valence-electron chi connectivity index (χ3n) is 5.37. The molecule has 0 radical (unpaired) electrons. The minimum Gasteiger partial charge on any atom is -0.324 e. The number of rotatable bonds is 6. The topological polar surface area (TPSA) is 83.6 Å². The molecule has 164 valence electrons. The summed E-state index contributed by atoms with van der Waals surface area (Å²) >= 11 is 1.33. The Balaban J connectivity index is 1.67. The Hall–Kier alpha value is -3.89. The second kappa shape index (κ2) is 9.72. The standard InChI is InChI=1S/C26H23N5OS/c1-17-13-14-22(15-18(17)2)31-24(20-9-5-4-6-10-20)29-30-26(31)33-19(3)25(32)28-23-12-8-7-11-21(23)16-27/h4-15,19H,1-3H3,(H,28,32)/t19-/m1/s1. The van der Waals surface area contributed by atoms with Gasteiger partial charge in [0, 0.05) is 5.56 Å². The highest BCUT2D eigenvalue weighted by atomic mass is 32.2. The molecular formula is C26H23N5OS. The van der Waals surface area contributed by atoms with E-state index < -0.39 is 5.25 Å². The second-order valence-electron chi connectivity index (χ2n) is 7.68. The van der Waals surface area contributed by atoms with Gasteiger partial charge in [-0.15, -0.1) is 10.2 Å². The molecule has 0 saturated carbocycles. The minimum absolute atomic E-state index is 0.210. The Kier molecular flexibility index (Phi) is 6.57. The van der Waals surface area contributed by atoms with E-state index in [0.717, 1.165) is 16.8 Å². The molecule has 33 heavy (non-hydrogen) atoms. The molecule has 0 bridgehead atoms. The van der Waals surface area contributed by atoms with Gasteiger partial charge in [-0.1, -0.05) is 60.3 Å². The Morgan fingerprint density at radius 2 is 1.73 bits per heavy atom. The van der Waals surface area contributed by atoms with E-state index in [2.05, 4.69) is 47.6 Å². The van der Waals surface area contributed by atoms with Crippen LogP contribution in [0.15, 0.2) is 78.0 Å². The summed E-state index contributed by atoms with van der Waals surface area (Å²) in [7, 11) is 0. The number of nitriles is 1. The predicted octanol–water partition coefficient (Wildman–Crippen LogP) is 5.54. The zero-order valence-corrected chi connectivity index (χ0v) is 19.4.